The highest BCUT2D eigenvalue weighted by molar-refractivity contribution is 6.11. The van der Waals surface area contributed by atoms with E-state index in [-0.39, 0.29) is 24.7 Å². The highest BCUT2D eigenvalue weighted by Crippen LogP contribution is 2.53. The van der Waals surface area contributed by atoms with Crippen molar-refractivity contribution >= 4 is 28.3 Å². The van der Waals surface area contributed by atoms with Crippen LogP contribution in [0.15, 0.2) is 72.3 Å². The van der Waals surface area contributed by atoms with E-state index in [4.69, 9.17) is 0 Å². The molecular formula is C32H32F2N2O5. The van der Waals surface area contributed by atoms with Crippen LogP contribution in [0, 0.1) is 5.41 Å². The van der Waals surface area contributed by atoms with Gasteiger partial charge in [0.2, 0.25) is 0 Å². The SMILES string of the molecule is CC(F)(F)Oc1ccc(CN2CN([C@H](C(=O)O)C3(C)CC4=CCC(O)(C4)C3)C(=O)c3ccc4ccccc4c32)cc1. The van der Waals surface area contributed by atoms with Gasteiger partial charge in [0.15, 0.2) is 0 Å². The van der Waals surface area contributed by atoms with Crippen molar-refractivity contribution in [1.29, 1.82) is 0 Å². The lowest BCUT2D eigenvalue weighted by Crippen LogP contribution is -2.61. The van der Waals surface area contributed by atoms with Gasteiger partial charge in [0, 0.05) is 24.3 Å². The fourth-order valence-corrected chi connectivity index (χ4v) is 7.16. The molecule has 2 unspecified atom stereocenters. The molecule has 1 heterocycles. The van der Waals surface area contributed by atoms with Crippen molar-refractivity contribution in [3.63, 3.8) is 0 Å². The lowest BCUT2D eigenvalue weighted by atomic mass is 9.65. The number of carbonyl (C=O) groups excluding carboxylic acids is 1. The van der Waals surface area contributed by atoms with Gasteiger partial charge in [-0.25, -0.2) is 4.79 Å². The summed E-state index contributed by atoms with van der Waals surface area (Å²) in [7, 11) is 0. The predicted octanol–water partition coefficient (Wildman–Crippen LogP) is 5.96. The van der Waals surface area contributed by atoms with Crippen molar-refractivity contribution in [3.05, 3.63) is 83.4 Å². The lowest BCUT2D eigenvalue weighted by Gasteiger charge is -2.50. The Hall–Kier alpha value is -3.98. The molecule has 9 heteroatoms. The zero-order valence-corrected chi connectivity index (χ0v) is 22.9. The summed E-state index contributed by atoms with van der Waals surface area (Å²) >= 11 is 0. The van der Waals surface area contributed by atoms with E-state index in [2.05, 4.69) is 4.74 Å². The van der Waals surface area contributed by atoms with Crippen molar-refractivity contribution in [2.45, 2.75) is 63.8 Å². The van der Waals surface area contributed by atoms with Crippen LogP contribution in [0.4, 0.5) is 14.5 Å². The Morgan fingerprint density at radius 2 is 1.83 bits per heavy atom. The number of fused-ring (bicyclic) bond motifs is 5. The van der Waals surface area contributed by atoms with Gasteiger partial charge >= 0.3 is 12.1 Å². The van der Waals surface area contributed by atoms with Gasteiger partial charge in [0.25, 0.3) is 5.91 Å². The quantitative estimate of drug-likeness (QED) is 0.346. The molecule has 1 fully saturated rings. The van der Waals surface area contributed by atoms with E-state index in [9.17, 15) is 28.6 Å². The highest BCUT2D eigenvalue weighted by Gasteiger charge is 2.54. The molecule has 3 atom stereocenters. The van der Waals surface area contributed by atoms with Crippen LogP contribution in [-0.4, -0.2) is 51.4 Å². The normalized spacial score (nSPS) is 24.7. The molecule has 6 rings (SSSR count). The minimum absolute atomic E-state index is 0.00908. The maximum absolute atomic E-state index is 14.1. The summed E-state index contributed by atoms with van der Waals surface area (Å²) in [5.74, 6) is -1.46. The third-order valence-electron chi connectivity index (χ3n) is 8.52. The van der Waals surface area contributed by atoms with E-state index in [1.807, 2.05) is 48.2 Å². The molecule has 0 saturated heterocycles. The molecule has 1 amide bonds. The molecule has 3 aromatic rings. The fourth-order valence-electron chi connectivity index (χ4n) is 7.16. The zero-order valence-electron chi connectivity index (χ0n) is 22.9. The van der Waals surface area contributed by atoms with E-state index in [0.29, 0.717) is 44.0 Å². The highest BCUT2D eigenvalue weighted by atomic mass is 19.3. The number of nitrogens with zero attached hydrogens (tertiary/aromatic N) is 2. The van der Waals surface area contributed by atoms with Crippen molar-refractivity contribution in [2.24, 2.45) is 5.41 Å². The van der Waals surface area contributed by atoms with Gasteiger partial charge in [0.05, 0.1) is 23.5 Å². The summed E-state index contributed by atoms with van der Waals surface area (Å²) in [6, 6.07) is 16.4. The average Bonchev–Trinajstić information content (AvgIpc) is 3.18. The maximum Gasteiger partial charge on any atom is 0.394 e. The van der Waals surface area contributed by atoms with Gasteiger partial charge in [0.1, 0.15) is 11.8 Å². The minimum atomic E-state index is -3.31. The van der Waals surface area contributed by atoms with Crippen LogP contribution in [-0.2, 0) is 11.3 Å². The number of hydrogen-bond donors (Lipinski definition) is 2. The second-order valence-corrected chi connectivity index (χ2v) is 12.1. The predicted molar refractivity (Wildman–Crippen MR) is 150 cm³/mol. The van der Waals surface area contributed by atoms with Gasteiger partial charge < -0.3 is 24.7 Å². The second-order valence-electron chi connectivity index (χ2n) is 12.1. The number of amides is 1. The monoisotopic (exact) mass is 562 g/mol. The maximum atomic E-state index is 14.1. The van der Waals surface area contributed by atoms with Gasteiger partial charge in [-0.2, -0.15) is 8.78 Å². The van der Waals surface area contributed by atoms with E-state index in [1.165, 1.54) is 17.0 Å². The smallest absolute Gasteiger partial charge is 0.394 e. The molecule has 214 valence electrons. The van der Waals surface area contributed by atoms with Crippen LogP contribution >= 0.6 is 0 Å². The average molecular weight is 563 g/mol. The van der Waals surface area contributed by atoms with Crippen LogP contribution in [0.25, 0.3) is 10.8 Å². The molecule has 0 aromatic heterocycles. The molecule has 41 heavy (non-hydrogen) atoms. The lowest BCUT2D eigenvalue weighted by molar-refractivity contribution is -0.159. The molecule has 7 nitrogen and oxygen atoms in total. The Morgan fingerprint density at radius 3 is 2.51 bits per heavy atom. The Kier molecular flexibility index (Phi) is 6.33. The van der Waals surface area contributed by atoms with Crippen LogP contribution < -0.4 is 9.64 Å². The Bertz CT molecular complexity index is 1570. The molecule has 3 aliphatic rings. The molecular weight excluding hydrogens is 530 g/mol. The minimum Gasteiger partial charge on any atom is -0.480 e. The number of halogens is 2. The molecule has 0 radical (unpaired) electrons. The summed E-state index contributed by atoms with van der Waals surface area (Å²) < 4.78 is 31.4. The molecule has 2 bridgehead atoms. The van der Waals surface area contributed by atoms with Crippen molar-refractivity contribution in [3.8, 4) is 5.75 Å². The number of benzene rings is 3. The van der Waals surface area contributed by atoms with Gasteiger partial charge in [-0.3, -0.25) is 4.79 Å². The first-order chi connectivity index (χ1) is 19.3. The number of rotatable bonds is 7. The number of carboxylic acids is 1. The Labute approximate surface area is 236 Å². The van der Waals surface area contributed by atoms with Crippen LogP contribution in [0.1, 0.15) is 55.5 Å². The first-order valence-electron chi connectivity index (χ1n) is 13.7. The number of carbonyl (C=O) groups is 2. The third-order valence-corrected chi connectivity index (χ3v) is 8.52. The van der Waals surface area contributed by atoms with E-state index >= 15 is 0 Å². The van der Waals surface area contributed by atoms with E-state index in [1.54, 1.807) is 18.2 Å². The molecule has 0 spiro atoms. The molecule has 3 aromatic carbocycles. The Balaban J connectivity index is 1.40. The molecule has 2 aliphatic carbocycles. The van der Waals surface area contributed by atoms with Crippen molar-refractivity contribution in [1.82, 2.24) is 4.90 Å². The number of anilines is 1. The van der Waals surface area contributed by atoms with Crippen molar-refractivity contribution < 1.29 is 33.3 Å². The number of aliphatic carboxylic acids is 1. The summed E-state index contributed by atoms with van der Waals surface area (Å²) in [5.41, 5.74) is 1.03. The van der Waals surface area contributed by atoms with Gasteiger partial charge in [-0.05, 0) is 54.8 Å². The topological polar surface area (TPSA) is 90.3 Å². The standard InChI is InChI=1S/C32H32F2N2O5/c1-30(15-21-13-14-32(40,16-21)18-30)27(29(38)39)36-19-35(17-20-7-10-23(11-8-20)41-31(2,33)34)26-24-6-4-3-5-22(24)9-12-25(26)28(36)37/h3-13,27,40H,14-19H2,1-2H3,(H,38,39)/t27-,30?,32?/m1/s1. The number of hydrogen-bond acceptors (Lipinski definition) is 5. The van der Waals surface area contributed by atoms with E-state index in [0.717, 1.165) is 21.9 Å². The van der Waals surface area contributed by atoms with Gasteiger partial charge in [-0.1, -0.05) is 61.0 Å². The largest absolute Gasteiger partial charge is 0.480 e. The van der Waals surface area contributed by atoms with Crippen LogP contribution in [0.5, 0.6) is 5.75 Å². The summed E-state index contributed by atoms with van der Waals surface area (Å²) in [5, 5.41) is 23.5. The summed E-state index contributed by atoms with van der Waals surface area (Å²) in [6.45, 7) is 2.83. The molecule has 1 aliphatic heterocycles. The fraction of sp³-hybridized carbons (Fsp3) is 0.375. The number of aliphatic hydroxyl groups is 1. The number of alkyl halides is 2. The summed E-state index contributed by atoms with van der Waals surface area (Å²) in [4.78, 5) is 30.4. The first kappa shape index (κ1) is 27.2. The van der Waals surface area contributed by atoms with Gasteiger partial charge in [-0.15, -0.1) is 0 Å². The molecule has 2 N–H and O–H groups in total. The van der Waals surface area contributed by atoms with Crippen LogP contribution in [0.2, 0.25) is 0 Å². The first-order valence-corrected chi connectivity index (χ1v) is 13.7. The van der Waals surface area contributed by atoms with Crippen molar-refractivity contribution in [2.75, 3.05) is 11.6 Å². The summed E-state index contributed by atoms with van der Waals surface area (Å²) in [6.07, 6.45) is 0.476. The Morgan fingerprint density at radius 1 is 1.10 bits per heavy atom. The number of ether oxygens (including phenoxy) is 1. The second kappa shape index (κ2) is 9.55. The van der Waals surface area contributed by atoms with E-state index < -0.39 is 29.1 Å². The molecule has 1 saturated carbocycles. The number of carboxylic acid groups (broad SMARTS) is 1. The zero-order chi connectivity index (χ0) is 29.2. The third kappa shape index (κ3) is 5.03. The van der Waals surface area contributed by atoms with Crippen LogP contribution in [0.3, 0.4) is 0 Å².